The van der Waals surface area contributed by atoms with Gasteiger partial charge in [0.15, 0.2) is 0 Å². The first kappa shape index (κ1) is 20.1. The van der Waals surface area contributed by atoms with Crippen molar-refractivity contribution in [1.82, 2.24) is 20.9 Å². The van der Waals surface area contributed by atoms with E-state index in [0.29, 0.717) is 16.8 Å². The van der Waals surface area contributed by atoms with E-state index in [2.05, 4.69) is 33.1 Å². The van der Waals surface area contributed by atoms with Crippen LogP contribution in [0.15, 0.2) is 24.3 Å². The molecule has 3 saturated heterocycles. The standard InChI is InChI=1S/C20H26ClN5O3/c1-11-4-2-3-9-26(11)20-24-17-16(19(29)25-20)14(10-15(27)23-17)18(28)22-13-7-5-12(21)6-8-13/h5-8,11,14,16-17,20,24H,2-4,9-10H2,1H3,(H,22,28)(H,23,27)(H,25,29). The molecule has 0 bridgehead atoms. The van der Waals surface area contributed by atoms with Gasteiger partial charge in [-0.15, -0.1) is 0 Å². The van der Waals surface area contributed by atoms with Gasteiger partial charge in [-0.2, -0.15) is 0 Å². The van der Waals surface area contributed by atoms with Gasteiger partial charge < -0.3 is 16.0 Å². The Morgan fingerprint density at radius 3 is 2.66 bits per heavy atom. The number of anilines is 1. The lowest BCUT2D eigenvalue weighted by atomic mass is 9.81. The van der Waals surface area contributed by atoms with Gasteiger partial charge in [0.1, 0.15) is 6.29 Å². The molecule has 156 valence electrons. The van der Waals surface area contributed by atoms with Crippen molar-refractivity contribution in [3.63, 3.8) is 0 Å². The molecule has 4 N–H and O–H groups in total. The number of benzene rings is 1. The van der Waals surface area contributed by atoms with Gasteiger partial charge in [-0.05, 0) is 44.0 Å². The van der Waals surface area contributed by atoms with Crippen LogP contribution >= 0.6 is 11.6 Å². The summed E-state index contributed by atoms with van der Waals surface area (Å²) < 4.78 is 0. The molecule has 5 atom stereocenters. The summed E-state index contributed by atoms with van der Waals surface area (Å²) in [5.74, 6) is -2.23. The molecule has 29 heavy (non-hydrogen) atoms. The molecule has 0 saturated carbocycles. The zero-order valence-electron chi connectivity index (χ0n) is 16.3. The van der Waals surface area contributed by atoms with E-state index >= 15 is 0 Å². The molecule has 1 aromatic carbocycles. The number of carbonyl (C=O) groups is 3. The SMILES string of the molecule is CC1CCCCN1C1NC(=O)C2C(NC(=O)CC2C(=O)Nc2ccc(Cl)cc2)N1. The number of likely N-dealkylation sites (tertiary alicyclic amines) is 1. The molecular weight excluding hydrogens is 394 g/mol. The van der Waals surface area contributed by atoms with Crippen molar-refractivity contribution in [2.75, 3.05) is 11.9 Å². The van der Waals surface area contributed by atoms with Crippen LogP contribution in [0.1, 0.15) is 32.6 Å². The number of carbonyl (C=O) groups excluding carboxylic acids is 3. The van der Waals surface area contributed by atoms with Crippen LogP contribution in [0.2, 0.25) is 5.02 Å². The van der Waals surface area contributed by atoms with Gasteiger partial charge in [0.05, 0.1) is 18.0 Å². The summed E-state index contributed by atoms with van der Waals surface area (Å²) in [5.41, 5.74) is 0.575. The van der Waals surface area contributed by atoms with Crippen molar-refractivity contribution < 1.29 is 14.4 Å². The molecule has 0 radical (unpaired) electrons. The molecular formula is C20H26ClN5O3. The van der Waals surface area contributed by atoms with E-state index < -0.39 is 18.0 Å². The number of nitrogens with one attached hydrogen (secondary N) is 4. The topological polar surface area (TPSA) is 103 Å². The Morgan fingerprint density at radius 2 is 1.93 bits per heavy atom. The fourth-order valence-electron chi connectivity index (χ4n) is 4.51. The second kappa shape index (κ2) is 8.30. The summed E-state index contributed by atoms with van der Waals surface area (Å²) in [4.78, 5) is 40.4. The molecule has 3 aliphatic heterocycles. The summed E-state index contributed by atoms with van der Waals surface area (Å²) in [6.07, 6.45) is 2.36. The molecule has 5 unspecified atom stereocenters. The van der Waals surface area contributed by atoms with Crippen LogP contribution in [0, 0.1) is 11.8 Å². The van der Waals surface area contributed by atoms with Gasteiger partial charge in [-0.25, -0.2) is 0 Å². The molecule has 9 heteroatoms. The molecule has 3 heterocycles. The van der Waals surface area contributed by atoms with Crippen LogP contribution in [-0.4, -0.2) is 47.7 Å². The second-order valence-corrected chi connectivity index (χ2v) is 8.47. The van der Waals surface area contributed by atoms with Crippen molar-refractivity contribution in [2.45, 2.75) is 51.1 Å². The molecule has 8 nitrogen and oxygen atoms in total. The number of nitrogens with zero attached hydrogens (tertiary/aromatic N) is 1. The average Bonchev–Trinajstić information content (AvgIpc) is 2.69. The molecule has 4 rings (SSSR count). The number of fused-ring (bicyclic) bond motifs is 1. The monoisotopic (exact) mass is 419 g/mol. The molecule has 0 aromatic heterocycles. The van der Waals surface area contributed by atoms with Crippen LogP contribution in [0.3, 0.4) is 0 Å². The maximum absolute atomic E-state index is 13.0. The lowest BCUT2D eigenvalue weighted by molar-refractivity contribution is -0.148. The number of rotatable bonds is 3. The molecule has 0 spiro atoms. The van der Waals surface area contributed by atoms with E-state index in [1.807, 2.05) is 0 Å². The van der Waals surface area contributed by atoms with Crippen LogP contribution < -0.4 is 21.3 Å². The molecule has 0 aliphatic carbocycles. The third-order valence-electron chi connectivity index (χ3n) is 6.07. The van der Waals surface area contributed by atoms with E-state index in [1.165, 1.54) is 6.42 Å². The van der Waals surface area contributed by atoms with Gasteiger partial charge >= 0.3 is 0 Å². The summed E-state index contributed by atoms with van der Waals surface area (Å²) in [6.45, 7) is 3.02. The highest BCUT2D eigenvalue weighted by Gasteiger charge is 2.49. The highest BCUT2D eigenvalue weighted by Crippen LogP contribution is 2.29. The zero-order valence-corrected chi connectivity index (χ0v) is 17.0. The summed E-state index contributed by atoms with van der Waals surface area (Å²) in [6, 6.07) is 7.06. The summed E-state index contributed by atoms with van der Waals surface area (Å²) in [5, 5.41) is 12.6. The maximum Gasteiger partial charge on any atom is 0.229 e. The Morgan fingerprint density at radius 1 is 1.17 bits per heavy atom. The smallest absolute Gasteiger partial charge is 0.229 e. The lowest BCUT2D eigenvalue weighted by Gasteiger charge is -2.48. The van der Waals surface area contributed by atoms with Crippen LogP contribution in [0.5, 0.6) is 0 Å². The van der Waals surface area contributed by atoms with E-state index in [4.69, 9.17) is 11.6 Å². The number of hydrogen-bond donors (Lipinski definition) is 4. The Labute approximate surface area is 174 Å². The minimum Gasteiger partial charge on any atom is -0.340 e. The third kappa shape index (κ3) is 4.24. The van der Waals surface area contributed by atoms with Gasteiger partial charge in [0, 0.05) is 29.7 Å². The Kier molecular flexibility index (Phi) is 5.76. The fourth-order valence-corrected chi connectivity index (χ4v) is 4.64. The van der Waals surface area contributed by atoms with Gasteiger partial charge in [0.2, 0.25) is 17.7 Å². The Balaban J connectivity index is 1.49. The highest BCUT2D eigenvalue weighted by molar-refractivity contribution is 6.30. The van der Waals surface area contributed by atoms with Gasteiger partial charge in [-0.1, -0.05) is 18.0 Å². The van der Waals surface area contributed by atoms with Crippen molar-refractivity contribution in [1.29, 1.82) is 0 Å². The molecule has 3 fully saturated rings. The van der Waals surface area contributed by atoms with Gasteiger partial charge in [0.25, 0.3) is 0 Å². The number of halogens is 1. The zero-order chi connectivity index (χ0) is 20.5. The predicted molar refractivity (Wildman–Crippen MR) is 109 cm³/mol. The van der Waals surface area contributed by atoms with Crippen LogP contribution in [-0.2, 0) is 14.4 Å². The predicted octanol–water partition coefficient (Wildman–Crippen LogP) is 1.23. The largest absolute Gasteiger partial charge is 0.340 e. The van der Waals surface area contributed by atoms with Crippen molar-refractivity contribution in [3.8, 4) is 0 Å². The Hall–Kier alpha value is -2.16. The van der Waals surface area contributed by atoms with Crippen LogP contribution in [0.4, 0.5) is 5.69 Å². The van der Waals surface area contributed by atoms with Crippen molar-refractivity contribution in [3.05, 3.63) is 29.3 Å². The third-order valence-corrected chi connectivity index (χ3v) is 6.32. The quantitative estimate of drug-likeness (QED) is 0.590. The highest BCUT2D eigenvalue weighted by atomic mass is 35.5. The van der Waals surface area contributed by atoms with E-state index in [9.17, 15) is 14.4 Å². The first-order valence-corrected chi connectivity index (χ1v) is 10.5. The van der Waals surface area contributed by atoms with E-state index in [0.717, 1.165) is 19.4 Å². The summed E-state index contributed by atoms with van der Waals surface area (Å²) >= 11 is 5.88. The van der Waals surface area contributed by atoms with Crippen LogP contribution in [0.25, 0.3) is 0 Å². The minimum atomic E-state index is -0.753. The van der Waals surface area contributed by atoms with E-state index in [1.54, 1.807) is 24.3 Å². The summed E-state index contributed by atoms with van der Waals surface area (Å²) in [7, 11) is 0. The lowest BCUT2D eigenvalue weighted by Crippen LogP contribution is -2.75. The second-order valence-electron chi connectivity index (χ2n) is 8.04. The molecule has 1 aromatic rings. The first-order chi connectivity index (χ1) is 13.9. The normalized spacial score (nSPS) is 32.7. The first-order valence-electron chi connectivity index (χ1n) is 10.1. The number of hydrogen-bond acceptors (Lipinski definition) is 5. The molecule has 3 amide bonds. The Bertz CT molecular complexity index is 802. The average molecular weight is 420 g/mol. The molecule has 3 aliphatic rings. The van der Waals surface area contributed by atoms with Gasteiger partial charge in [-0.3, -0.25) is 24.6 Å². The minimum absolute atomic E-state index is 0.0273. The van der Waals surface area contributed by atoms with Crippen molar-refractivity contribution >= 4 is 35.0 Å². The van der Waals surface area contributed by atoms with Crippen molar-refractivity contribution in [2.24, 2.45) is 11.8 Å². The number of amides is 3. The maximum atomic E-state index is 13.0. The fraction of sp³-hybridized carbons (Fsp3) is 0.550. The van der Waals surface area contributed by atoms with E-state index in [-0.39, 0.29) is 30.4 Å². The number of piperidine rings is 2.